The van der Waals surface area contributed by atoms with Crippen LogP contribution in [0.4, 0.5) is 4.79 Å². The van der Waals surface area contributed by atoms with Gasteiger partial charge >= 0.3 is 6.03 Å². The molecule has 6 rings (SSSR count). The molecule has 2 heterocycles. The van der Waals surface area contributed by atoms with Crippen LogP contribution in [0.5, 0.6) is 0 Å². The van der Waals surface area contributed by atoms with Crippen molar-refractivity contribution in [2.45, 2.75) is 43.4 Å². The lowest BCUT2D eigenvalue weighted by Gasteiger charge is -2.41. The third-order valence-corrected chi connectivity index (χ3v) is 7.95. The van der Waals surface area contributed by atoms with Crippen LogP contribution in [0.25, 0.3) is 10.8 Å². The van der Waals surface area contributed by atoms with Gasteiger partial charge in [-0.15, -0.1) is 0 Å². The number of allylic oxidation sites excluding steroid dienone is 2. The fourth-order valence-corrected chi connectivity index (χ4v) is 6.36. The van der Waals surface area contributed by atoms with Crippen LogP contribution in [0, 0.1) is 0 Å². The number of nitrogens with zero attached hydrogens (tertiary/aromatic N) is 3. The van der Waals surface area contributed by atoms with E-state index in [1.165, 1.54) is 21.9 Å². The number of piperidine rings is 1. The Balaban J connectivity index is 1.19. The second-order valence-corrected chi connectivity index (χ2v) is 9.59. The van der Waals surface area contributed by atoms with E-state index in [0.717, 1.165) is 32.4 Å². The number of likely N-dealkylation sites (N-methyl/N-ethyl adjacent to an activating group) is 1. The van der Waals surface area contributed by atoms with E-state index in [9.17, 15) is 9.59 Å². The van der Waals surface area contributed by atoms with E-state index in [-0.39, 0.29) is 36.6 Å². The first-order chi connectivity index (χ1) is 16.2. The Hall–Kier alpha value is -3.12. The number of hydrogen-bond donors (Lipinski definition) is 1. The molecule has 2 saturated heterocycles. The smallest absolute Gasteiger partial charge is 0.321 e. The molecule has 2 fully saturated rings. The van der Waals surface area contributed by atoms with Gasteiger partial charge in [0, 0.05) is 32.2 Å². The number of rotatable bonds is 4. The van der Waals surface area contributed by atoms with E-state index in [1.807, 2.05) is 12.2 Å². The van der Waals surface area contributed by atoms with Gasteiger partial charge in [-0.1, -0.05) is 60.7 Å². The molecular formula is C27H30N4O2. The number of benzene rings is 2. The summed E-state index contributed by atoms with van der Waals surface area (Å²) >= 11 is 0. The molecular weight excluding hydrogens is 412 g/mol. The molecule has 2 unspecified atom stereocenters. The topological polar surface area (TPSA) is 55.9 Å². The third kappa shape index (κ3) is 3.27. The number of hydrogen-bond acceptors (Lipinski definition) is 3. The lowest BCUT2D eigenvalue weighted by atomic mass is 9.96. The molecule has 2 aliphatic heterocycles. The molecule has 0 saturated carbocycles. The van der Waals surface area contributed by atoms with Crippen molar-refractivity contribution in [3.63, 3.8) is 0 Å². The number of amides is 3. The molecule has 1 N–H and O–H groups in total. The zero-order valence-corrected chi connectivity index (χ0v) is 19.0. The molecule has 170 valence electrons. The van der Waals surface area contributed by atoms with E-state index in [2.05, 4.69) is 63.7 Å². The van der Waals surface area contributed by atoms with Crippen molar-refractivity contribution in [2.75, 3.05) is 26.7 Å². The van der Waals surface area contributed by atoms with Crippen molar-refractivity contribution in [1.82, 2.24) is 20.0 Å². The Morgan fingerprint density at radius 3 is 2.52 bits per heavy atom. The van der Waals surface area contributed by atoms with Crippen molar-refractivity contribution in [1.29, 1.82) is 0 Å². The van der Waals surface area contributed by atoms with Gasteiger partial charge < -0.3 is 15.1 Å². The van der Waals surface area contributed by atoms with Gasteiger partial charge in [0.05, 0.1) is 12.1 Å². The SMILES string of the molecule is CNC(=O)CN1C(=O)N(C2CCN([C@@H]3Cc4cccc5cccc3c45)CC2)C2C=CC=CC21. The molecule has 33 heavy (non-hydrogen) atoms. The van der Waals surface area contributed by atoms with Crippen LogP contribution in [0.1, 0.15) is 30.0 Å². The number of likely N-dealkylation sites (tertiary alicyclic amines) is 1. The molecule has 2 aliphatic carbocycles. The van der Waals surface area contributed by atoms with Gasteiger partial charge in [-0.05, 0) is 41.2 Å². The summed E-state index contributed by atoms with van der Waals surface area (Å²) in [5.74, 6) is -0.128. The molecule has 0 spiro atoms. The minimum atomic E-state index is -0.128. The second-order valence-electron chi connectivity index (χ2n) is 9.59. The molecule has 6 heteroatoms. The second kappa shape index (κ2) is 8.03. The number of carbonyl (C=O) groups excluding carboxylic acids is 2. The maximum Gasteiger partial charge on any atom is 0.321 e. The van der Waals surface area contributed by atoms with Crippen LogP contribution in [0.15, 0.2) is 60.7 Å². The fourth-order valence-electron chi connectivity index (χ4n) is 6.36. The zero-order chi connectivity index (χ0) is 22.5. The first-order valence-electron chi connectivity index (χ1n) is 12.0. The van der Waals surface area contributed by atoms with Crippen LogP contribution in [0.2, 0.25) is 0 Å². The summed E-state index contributed by atoms with van der Waals surface area (Å²) in [5.41, 5.74) is 2.91. The first kappa shape index (κ1) is 20.5. The normalized spacial score (nSPS) is 26.9. The maximum atomic E-state index is 13.4. The number of fused-ring (bicyclic) bond motifs is 1. The van der Waals surface area contributed by atoms with Crippen LogP contribution in [-0.2, 0) is 11.2 Å². The Morgan fingerprint density at radius 2 is 1.76 bits per heavy atom. The Kier molecular flexibility index (Phi) is 4.98. The number of carbonyl (C=O) groups is 2. The quantitative estimate of drug-likeness (QED) is 0.791. The van der Waals surface area contributed by atoms with Crippen molar-refractivity contribution in [2.24, 2.45) is 0 Å². The molecule has 4 aliphatic rings. The highest BCUT2D eigenvalue weighted by Gasteiger charge is 2.48. The van der Waals surface area contributed by atoms with Crippen LogP contribution >= 0.6 is 0 Å². The van der Waals surface area contributed by atoms with Crippen molar-refractivity contribution in [3.8, 4) is 0 Å². The summed E-state index contributed by atoms with van der Waals surface area (Å²) in [4.78, 5) is 31.9. The van der Waals surface area contributed by atoms with E-state index in [4.69, 9.17) is 0 Å². The molecule has 6 nitrogen and oxygen atoms in total. The summed E-state index contributed by atoms with van der Waals surface area (Å²) in [6.45, 7) is 2.07. The van der Waals surface area contributed by atoms with Gasteiger partial charge in [-0.25, -0.2) is 4.79 Å². The Morgan fingerprint density at radius 1 is 1.03 bits per heavy atom. The van der Waals surface area contributed by atoms with Gasteiger partial charge in [-0.3, -0.25) is 9.69 Å². The van der Waals surface area contributed by atoms with Gasteiger partial charge in [0.1, 0.15) is 6.54 Å². The first-order valence-corrected chi connectivity index (χ1v) is 12.0. The minimum absolute atomic E-state index is 0.00758. The van der Waals surface area contributed by atoms with Crippen LogP contribution in [0.3, 0.4) is 0 Å². The summed E-state index contributed by atoms with van der Waals surface area (Å²) in [6.07, 6.45) is 11.2. The average molecular weight is 443 g/mol. The average Bonchev–Trinajstić information content (AvgIpc) is 3.36. The van der Waals surface area contributed by atoms with Gasteiger partial charge in [0.25, 0.3) is 0 Å². The predicted molar refractivity (Wildman–Crippen MR) is 129 cm³/mol. The van der Waals surface area contributed by atoms with Gasteiger partial charge in [-0.2, -0.15) is 0 Å². The van der Waals surface area contributed by atoms with Gasteiger partial charge in [0.2, 0.25) is 5.91 Å². The van der Waals surface area contributed by atoms with Crippen molar-refractivity contribution < 1.29 is 9.59 Å². The van der Waals surface area contributed by atoms with Crippen LogP contribution in [-0.4, -0.2) is 71.4 Å². The Labute approximate surface area is 194 Å². The maximum absolute atomic E-state index is 13.4. The summed E-state index contributed by atoms with van der Waals surface area (Å²) in [6, 6.07) is 13.9. The molecule has 0 aromatic heterocycles. The molecule has 2 aromatic rings. The Bertz CT molecular complexity index is 1160. The highest BCUT2D eigenvalue weighted by Crippen LogP contribution is 2.42. The van der Waals surface area contributed by atoms with Crippen LogP contribution < -0.4 is 5.32 Å². The van der Waals surface area contributed by atoms with Crippen molar-refractivity contribution in [3.05, 3.63) is 71.8 Å². The molecule has 3 atom stereocenters. The lowest BCUT2D eigenvalue weighted by molar-refractivity contribution is -0.121. The molecule has 3 amide bonds. The summed E-state index contributed by atoms with van der Waals surface area (Å²) in [5, 5.41) is 5.43. The monoisotopic (exact) mass is 442 g/mol. The highest BCUT2D eigenvalue weighted by atomic mass is 16.2. The molecule has 0 radical (unpaired) electrons. The van der Waals surface area contributed by atoms with E-state index >= 15 is 0 Å². The molecule has 2 aromatic carbocycles. The largest absolute Gasteiger partial charge is 0.358 e. The van der Waals surface area contributed by atoms with Gasteiger partial charge in [0.15, 0.2) is 0 Å². The summed E-state index contributed by atoms with van der Waals surface area (Å²) < 4.78 is 0. The van der Waals surface area contributed by atoms with Crippen molar-refractivity contribution >= 4 is 22.7 Å². The number of urea groups is 1. The third-order valence-electron chi connectivity index (χ3n) is 7.95. The van der Waals surface area contributed by atoms with E-state index in [0.29, 0.717) is 6.04 Å². The zero-order valence-electron chi connectivity index (χ0n) is 19.0. The minimum Gasteiger partial charge on any atom is -0.358 e. The van der Waals surface area contributed by atoms with E-state index < -0.39 is 0 Å². The predicted octanol–water partition coefficient (Wildman–Crippen LogP) is 3.25. The lowest BCUT2D eigenvalue weighted by Crippen LogP contribution is -2.50. The highest BCUT2D eigenvalue weighted by molar-refractivity contribution is 5.91. The fraction of sp³-hybridized carbons (Fsp3) is 0.407. The number of nitrogens with one attached hydrogen (secondary N) is 1. The molecule has 0 bridgehead atoms. The summed E-state index contributed by atoms with van der Waals surface area (Å²) in [7, 11) is 1.62. The van der Waals surface area contributed by atoms with E-state index in [1.54, 1.807) is 11.9 Å². The standard InChI is InChI=1S/C27H30N4O2/c1-28-25(32)17-30-22-10-2-3-11-23(22)31(27(30)33)20-12-14-29(15-13-20)24-16-19-8-4-6-18-7-5-9-21(24)26(18)19/h2-11,20,22-24H,12-17H2,1H3,(H,28,32)/t22?,23?,24-/m1/s1.